The minimum Gasteiger partial charge on any atom is -0.492 e. The molecule has 1 aliphatic rings. The van der Waals surface area contributed by atoms with Crippen LogP contribution in [0, 0.1) is 6.92 Å². The summed E-state index contributed by atoms with van der Waals surface area (Å²) in [6.07, 6.45) is -0.604. The van der Waals surface area contributed by atoms with Crippen molar-refractivity contribution in [3.05, 3.63) is 70.6 Å². The van der Waals surface area contributed by atoms with E-state index in [4.69, 9.17) is 13.9 Å². The number of carbonyl (C=O) groups is 2. The van der Waals surface area contributed by atoms with E-state index in [0.717, 1.165) is 11.3 Å². The van der Waals surface area contributed by atoms with Crippen LogP contribution < -0.4 is 19.7 Å². The monoisotopic (exact) mass is 484 g/mol. The van der Waals surface area contributed by atoms with E-state index in [1.54, 1.807) is 42.2 Å². The molecule has 1 unspecified atom stereocenters. The first kappa shape index (κ1) is 21.0. The Morgan fingerprint density at radius 3 is 2.65 bits per heavy atom. The molecule has 0 saturated carbocycles. The molecule has 2 amide bonds. The van der Waals surface area contributed by atoms with Gasteiger partial charge < -0.3 is 24.1 Å². The largest absolute Gasteiger partial charge is 0.492 e. The molecule has 0 radical (unpaired) electrons. The zero-order valence-corrected chi connectivity index (χ0v) is 18.6. The number of ether oxygens (including phenoxy) is 2. The van der Waals surface area contributed by atoms with Crippen molar-refractivity contribution in [2.75, 3.05) is 23.4 Å². The minimum absolute atomic E-state index is 0.168. The highest BCUT2D eigenvalue weighted by molar-refractivity contribution is 9.10. The van der Waals surface area contributed by atoms with Gasteiger partial charge in [0.15, 0.2) is 16.5 Å². The second-order valence-corrected chi connectivity index (χ2v) is 7.93. The predicted molar refractivity (Wildman–Crippen MR) is 120 cm³/mol. The summed E-state index contributed by atoms with van der Waals surface area (Å²) in [5.41, 5.74) is 2.25. The third kappa shape index (κ3) is 4.74. The summed E-state index contributed by atoms with van der Waals surface area (Å²) in [6, 6.07) is 16.1. The van der Waals surface area contributed by atoms with E-state index in [2.05, 4.69) is 21.2 Å². The zero-order valence-electron chi connectivity index (χ0n) is 17.1. The predicted octanol–water partition coefficient (Wildman–Crippen LogP) is 4.80. The van der Waals surface area contributed by atoms with Crippen molar-refractivity contribution in [3.8, 4) is 11.5 Å². The summed E-state index contributed by atoms with van der Waals surface area (Å²) in [7, 11) is 0. The van der Waals surface area contributed by atoms with Crippen LogP contribution in [0.4, 0.5) is 11.4 Å². The van der Waals surface area contributed by atoms with Gasteiger partial charge >= 0.3 is 0 Å². The van der Waals surface area contributed by atoms with E-state index in [-0.39, 0.29) is 11.7 Å². The molecule has 2 aromatic carbocycles. The Morgan fingerprint density at radius 2 is 1.94 bits per heavy atom. The van der Waals surface area contributed by atoms with Crippen molar-refractivity contribution in [1.82, 2.24) is 0 Å². The van der Waals surface area contributed by atoms with Crippen LogP contribution in [0.5, 0.6) is 11.5 Å². The summed E-state index contributed by atoms with van der Waals surface area (Å²) in [4.78, 5) is 26.8. The number of rotatable bonds is 6. The maximum atomic E-state index is 12.8. The lowest BCUT2D eigenvalue weighted by molar-refractivity contribution is -0.125. The van der Waals surface area contributed by atoms with Crippen molar-refractivity contribution in [2.24, 2.45) is 0 Å². The third-order valence-corrected chi connectivity index (χ3v) is 5.25. The summed E-state index contributed by atoms with van der Waals surface area (Å²) < 4.78 is 17.3. The zero-order chi connectivity index (χ0) is 22.0. The number of furan rings is 1. The van der Waals surface area contributed by atoms with Gasteiger partial charge in [-0.3, -0.25) is 9.59 Å². The molecule has 1 aliphatic heterocycles. The van der Waals surface area contributed by atoms with Crippen molar-refractivity contribution in [2.45, 2.75) is 20.0 Å². The average molecular weight is 485 g/mol. The number of amides is 2. The summed E-state index contributed by atoms with van der Waals surface area (Å²) >= 11 is 3.18. The van der Waals surface area contributed by atoms with Crippen LogP contribution in [-0.4, -0.2) is 31.1 Å². The van der Waals surface area contributed by atoms with Crippen molar-refractivity contribution in [1.29, 1.82) is 0 Å². The minimum atomic E-state index is -0.604. The highest BCUT2D eigenvalue weighted by Gasteiger charge is 2.31. The van der Waals surface area contributed by atoms with Crippen LogP contribution >= 0.6 is 15.9 Å². The summed E-state index contributed by atoms with van der Waals surface area (Å²) in [6.45, 7) is 4.38. The van der Waals surface area contributed by atoms with Gasteiger partial charge in [0, 0.05) is 5.69 Å². The molecule has 3 aromatic rings. The maximum Gasteiger partial charge on any atom is 0.291 e. The molecule has 0 saturated heterocycles. The van der Waals surface area contributed by atoms with Crippen molar-refractivity contribution >= 4 is 39.1 Å². The van der Waals surface area contributed by atoms with E-state index in [1.807, 2.05) is 31.2 Å². The van der Waals surface area contributed by atoms with E-state index in [1.165, 1.54) is 0 Å². The van der Waals surface area contributed by atoms with Gasteiger partial charge in [-0.05, 0) is 72.2 Å². The fourth-order valence-electron chi connectivity index (χ4n) is 3.23. The Labute approximate surface area is 188 Å². The number of nitrogens with one attached hydrogen (secondary N) is 1. The van der Waals surface area contributed by atoms with E-state index < -0.39 is 12.0 Å². The number of aryl methyl sites for hydroxylation is 1. The summed E-state index contributed by atoms with van der Waals surface area (Å²) in [5, 5.41) is 2.78. The molecule has 4 rings (SSSR count). The Hall–Kier alpha value is -3.26. The van der Waals surface area contributed by atoms with E-state index in [0.29, 0.717) is 34.9 Å². The van der Waals surface area contributed by atoms with Crippen LogP contribution in [-0.2, 0) is 4.79 Å². The third-order valence-electron chi connectivity index (χ3n) is 4.83. The first-order valence-electron chi connectivity index (χ1n) is 9.79. The van der Waals surface area contributed by atoms with Gasteiger partial charge in [-0.15, -0.1) is 0 Å². The first-order valence-corrected chi connectivity index (χ1v) is 10.6. The van der Waals surface area contributed by atoms with Crippen LogP contribution in [0.2, 0.25) is 0 Å². The highest BCUT2D eigenvalue weighted by atomic mass is 79.9. The molecule has 0 bridgehead atoms. The molecular weight excluding hydrogens is 464 g/mol. The number of fused-ring (bicyclic) bond motifs is 1. The lowest BCUT2D eigenvalue weighted by Gasteiger charge is -2.33. The molecule has 1 N–H and O–H groups in total. The van der Waals surface area contributed by atoms with Gasteiger partial charge in [-0.1, -0.05) is 17.7 Å². The second kappa shape index (κ2) is 8.85. The molecule has 0 fully saturated rings. The number of nitrogens with zero attached hydrogens (tertiary/aromatic N) is 1. The Kier molecular flexibility index (Phi) is 5.99. The number of hydrogen-bond acceptors (Lipinski definition) is 5. The smallest absolute Gasteiger partial charge is 0.291 e. The van der Waals surface area contributed by atoms with Gasteiger partial charge in [0.25, 0.3) is 11.8 Å². The van der Waals surface area contributed by atoms with Crippen LogP contribution in [0.25, 0.3) is 0 Å². The van der Waals surface area contributed by atoms with Crippen molar-refractivity contribution < 1.29 is 23.5 Å². The molecule has 1 atom stereocenters. The normalized spacial score (nSPS) is 15.3. The number of halogens is 1. The van der Waals surface area contributed by atoms with E-state index in [9.17, 15) is 9.59 Å². The van der Waals surface area contributed by atoms with Gasteiger partial charge in [0.1, 0.15) is 18.1 Å². The van der Waals surface area contributed by atoms with E-state index >= 15 is 0 Å². The van der Waals surface area contributed by atoms with Gasteiger partial charge in [-0.2, -0.15) is 0 Å². The number of hydrogen-bond donors (Lipinski definition) is 1. The lowest BCUT2D eigenvalue weighted by Crippen LogP contribution is -2.46. The molecule has 0 aliphatic carbocycles. The molecule has 0 spiro atoms. The van der Waals surface area contributed by atoms with Gasteiger partial charge in [-0.25, -0.2) is 0 Å². The number of anilines is 2. The Balaban J connectivity index is 1.50. The molecule has 1 aromatic heterocycles. The molecule has 8 heteroatoms. The first-order chi connectivity index (χ1) is 14.9. The number of carbonyl (C=O) groups excluding carboxylic acids is 2. The Morgan fingerprint density at radius 1 is 1.16 bits per heavy atom. The summed E-state index contributed by atoms with van der Waals surface area (Å²) in [5.74, 6) is 0.926. The fraction of sp³-hybridized carbons (Fsp3) is 0.217. The van der Waals surface area contributed by atoms with Gasteiger partial charge in [0.05, 0.1) is 12.2 Å². The van der Waals surface area contributed by atoms with Crippen molar-refractivity contribution in [3.63, 3.8) is 0 Å². The standard InChI is InChI=1S/C23H21BrN2O5/c1-14-3-6-17(7-4-14)29-12-11-26-18-13-16(5-8-19(18)30-15(2)23(26)28)25-22(27)20-9-10-21(24)31-20/h3-10,13,15H,11-12H2,1-2H3,(H,25,27). The Bertz CT molecular complexity index is 1110. The lowest BCUT2D eigenvalue weighted by atomic mass is 10.1. The van der Waals surface area contributed by atoms with Crippen LogP contribution in [0.15, 0.2) is 63.7 Å². The quantitative estimate of drug-likeness (QED) is 0.543. The SMILES string of the molecule is Cc1ccc(OCCN2C(=O)C(C)Oc3ccc(NC(=O)c4ccc(Br)o4)cc32)cc1. The second-order valence-electron chi connectivity index (χ2n) is 7.15. The molecule has 31 heavy (non-hydrogen) atoms. The molecule has 160 valence electrons. The highest BCUT2D eigenvalue weighted by Crippen LogP contribution is 2.36. The molecular formula is C23H21BrN2O5. The van der Waals surface area contributed by atoms with Gasteiger partial charge in [0.2, 0.25) is 0 Å². The molecule has 2 heterocycles. The fourth-order valence-corrected chi connectivity index (χ4v) is 3.54. The van der Waals surface area contributed by atoms with Crippen LogP contribution in [0.1, 0.15) is 23.0 Å². The van der Waals surface area contributed by atoms with Crippen LogP contribution in [0.3, 0.4) is 0 Å². The maximum absolute atomic E-state index is 12.8. The topological polar surface area (TPSA) is 81.0 Å². The number of benzene rings is 2. The molecule has 7 nitrogen and oxygen atoms in total. The average Bonchev–Trinajstić information content (AvgIpc) is 3.19.